The molecule has 0 spiro atoms. The number of amides is 1. The van der Waals surface area contributed by atoms with Gasteiger partial charge in [0.1, 0.15) is 5.82 Å². The van der Waals surface area contributed by atoms with Gasteiger partial charge in [0.2, 0.25) is 0 Å². The minimum atomic E-state index is 0.124. The van der Waals surface area contributed by atoms with E-state index in [0.29, 0.717) is 6.54 Å². The van der Waals surface area contributed by atoms with Crippen molar-refractivity contribution in [3.8, 4) is 0 Å². The zero-order valence-electron chi connectivity index (χ0n) is 18.2. The minimum absolute atomic E-state index is 0.124. The van der Waals surface area contributed by atoms with Gasteiger partial charge >= 0.3 is 0 Å². The molecule has 4 heterocycles. The van der Waals surface area contributed by atoms with Crippen molar-refractivity contribution in [2.24, 2.45) is 0 Å². The fraction of sp³-hybridized carbons (Fsp3) is 0.458. The third-order valence-corrected chi connectivity index (χ3v) is 6.59. The number of likely N-dealkylation sites (tertiary alicyclic amines) is 1. The number of hydrogen-bond acceptors (Lipinski definition) is 5. The van der Waals surface area contributed by atoms with E-state index in [1.54, 1.807) is 0 Å². The van der Waals surface area contributed by atoms with Crippen LogP contribution in [0.5, 0.6) is 0 Å². The topological polar surface area (TPSA) is 57.0 Å². The number of piperidine rings is 1. The molecule has 2 aromatic heterocycles. The van der Waals surface area contributed by atoms with Gasteiger partial charge in [-0.15, -0.1) is 10.2 Å². The van der Waals surface area contributed by atoms with Crippen molar-refractivity contribution in [3.63, 3.8) is 0 Å². The Balaban J connectivity index is 1.28. The highest BCUT2D eigenvalue weighted by Gasteiger charge is 2.28. The Labute approximate surface area is 183 Å². The molecule has 0 saturated carbocycles. The van der Waals surface area contributed by atoms with Crippen LogP contribution in [-0.2, 0) is 6.54 Å². The highest BCUT2D eigenvalue weighted by molar-refractivity contribution is 5.94. The molecule has 162 valence electrons. The summed E-state index contributed by atoms with van der Waals surface area (Å²) >= 11 is 0. The lowest BCUT2D eigenvalue weighted by Gasteiger charge is -2.33. The van der Waals surface area contributed by atoms with E-state index in [1.807, 2.05) is 41.4 Å². The first-order valence-electron chi connectivity index (χ1n) is 11.3. The van der Waals surface area contributed by atoms with Crippen molar-refractivity contribution in [2.45, 2.75) is 25.3 Å². The largest absolute Gasteiger partial charge is 0.338 e. The van der Waals surface area contributed by atoms with Crippen LogP contribution in [0.4, 0.5) is 0 Å². The molecule has 1 unspecified atom stereocenters. The first-order valence-corrected chi connectivity index (χ1v) is 11.3. The summed E-state index contributed by atoms with van der Waals surface area (Å²) < 4.78 is 2.05. The van der Waals surface area contributed by atoms with E-state index < -0.39 is 0 Å². The van der Waals surface area contributed by atoms with Gasteiger partial charge in [-0.1, -0.05) is 18.2 Å². The summed E-state index contributed by atoms with van der Waals surface area (Å²) in [5.74, 6) is 1.29. The summed E-state index contributed by atoms with van der Waals surface area (Å²) in [7, 11) is 2.17. The molecular formula is C24H30N6O. The van der Waals surface area contributed by atoms with Crippen molar-refractivity contribution in [1.29, 1.82) is 0 Å². The zero-order chi connectivity index (χ0) is 21.2. The van der Waals surface area contributed by atoms with Crippen molar-refractivity contribution < 1.29 is 4.79 Å². The van der Waals surface area contributed by atoms with Crippen molar-refractivity contribution in [2.75, 3.05) is 46.3 Å². The van der Waals surface area contributed by atoms with Gasteiger partial charge in [0, 0.05) is 63.5 Å². The van der Waals surface area contributed by atoms with Gasteiger partial charge < -0.3 is 9.80 Å². The molecule has 2 aliphatic heterocycles. The lowest BCUT2D eigenvalue weighted by molar-refractivity contribution is 0.0704. The molecule has 0 bridgehead atoms. The molecule has 0 N–H and O–H groups in total. The third-order valence-electron chi connectivity index (χ3n) is 6.59. The molecule has 7 nitrogen and oxygen atoms in total. The van der Waals surface area contributed by atoms with Crippen LogP contribution in [0.15, 0.2) is 48.7 Å². The van der Waals surface area contributed by atoms with Gasteiger partial charge in [0.25, 0.3) is 5.91 Å². The smallest absolute Gasteiger partial charge is 0.253 e. The number of rotatable bonds is 4. The van der Waals surface area contributed by atoms with E-state index in [4.69, 9.17) is 0 Å². The molecule has 0 radical (unpaired) electrons. The predicted molar refractivity (Wildman–Crippen MR) is 120 cm³/mol. The highest BCUT2D eigenvalue weighted by atomic mass is 16.2. The monoisotopic (exact) mass is 418 g/mol. The Morgan fingerprint density at radius 2 is 1.90 bits per heavy atom. The molecule has 1 atom stereocenters. The lowest BCUT2D eigenvalue weighted by Crippen LogP contribution is -2.43. The van der Waals surface area contributed by atoms with Crippen LogP contribution in [-0.4, -0.2) is 81.5 Å². The minimum Gasteiger partial charge on any atom is -0.338 e. The predicted octanol–water partition coefficient (Wildman–Crippen LogP) is 2.50. The SMILES string of the molecule is CN1CCN(Cc2cccc(C(=O)N3CCCC(c4nnc5ccccn45)C3)c2)CC1. The van der Waals surface area contributed by atoms with Crippen molar-refractivity contribution in [1.82, 2.24) is 29.3 Å². The van der Waals surface area contributed by atoms with E-state index in [2.05, 4.69) is 43.6 Å². The molecule has 5 rings (SSSR count). The summed E-state index contributed by atoms with van der Waals surface area (Å²) in [5, 5.41) is 8.73. The average molecular weight is 419 g/mol. The molecule has 1 amide bonds. The Kier molecular flexibility index (Phi) is 5.70. The van der Waals surface area contributed by atoms with E-state index in [0.717, 1.165) is 69.1 Å². The first-order chi connectivity index (χ1) is 15.2. The number of carbonyl (C=O) groups is 1. The Hall–Kier alpha value is -2.77. The number of fused-ring (bicyclic) bond motifs is 1. The molecule has 31 heavy (non-hydrogen) atoms. The molecule has 3 aromatic rings. The number of piperazine rings is 1. The summed E-state index contributed by atoms with van der Waals surface area (Å²) in [4.78, 5) is 20.2. The molecule has 2 fully saturated rings. The number of aromatic nitrogens is 3. The maximum Gasteiger partial charge on any atom is 0.253 e. The summed E-state index contributed by atoms with van der Waals surface area (Å²) in [5.41, 5.74) is 2.86. The fourth-order valence-corrected chi connectivity index (χ4v) is 4.76. The summed E-state index contributed by atoms with van der Waals surface area (Å²) in [6.07, 6.45) is 4.02. The number of nitrogens with zero attached hydrogens (tertiary/aromatic N) is 6. The van der Waals surface area contributed by atoms with Crippen LogP contribution in [0.3, 0.4) is 0 Å². The Morgan fingerprint density at radius 1 is 1.03 bits per heavy atom. The van der Waals surface area contributed by atoms with Gasteiger partial charge in [-0.25, -0.2) is 0 Å². The van der Waals surface area contributed by atoms with Crippen LogP contribution in [0.2, 0.25) is 0 Å². The van der Waals surface area contributed by atoms with Crippen LogP contribution in [0.25, 0.3) is 5.65 Å². The van der Waals surface area contributed by atoms with Gasteiger partial charge in [0.05, 0.1) is 0 Å². The number of pyridine rings is 1. The van der Waals surface area contributed by atoms with Crippen LogP contribution in [0, 0.1) is 0 Å². The first kappa shape index (κ1) is 20.2. The number of benzene rings is 1. The van der Waals surface area contributed by atoms with Gasteiger partial charge in [0.15, 0.2) is 5.65 Å². The van der Waals surface area contributed by atoms with Gasteiger partial charge in [-0.3, -0.25) is 14.1 Å². The maximum atomic E-state index is 13.3. The fourth-order valence-electron chi connectivity index (χ4n) is 4.76. The number of likely N-dealkylation sites (N-methyl/N-ethyl adjacent to an activating group) is 1. The van der Waals surface area contributed by atoms with Crippen molar-refractivity contribution in [3.05, 3.63) is 65.6 Å². The molecule has 2 saturated heterocycles. The zero-order valence-corrected chi connectivity index (χ0v) is 18.2. The number of carbonyl (C=O) groups excluding carboxylic acids is 1. The van der Waals surface area contributed by atoms with Gasteiger partial charge in [-0.2, -0.15) is 0 Å². The lowest BCUT2D eigenvalue weighted by atomic mass is 9.96. The quantitative estimate of drug-likeness (QED) is 0.652. The van der Waals surface area contributed by atoms with Crippen LogP contribution >= 0.6 is 0 Å². The van der Waals surface area contributed by atoms with Gasteiger partial charge in [-0.05, 0) is 49.7 Å². The highest BCUT2D eigenvalue weighted by Crippen LogP contribution is 2.27. The molecular weight excluding hydrogens is 388 g/mol. The second-order valence-electron chi connectivity index (χ2n) is 8.86. The normalized spacial score (nSPS) is 20.9. The number of hydrogen-bond donors (Lipinski definition) is 0. The average Bonchev–Trinajstić information content (AvgIpc) is 3.25. The summed E-state index contributed by atoms with van der Waals surface area (Å²) in [6, 6.07) is 14.1. The maximum absolute atomic E-state index is 13.3. The molecule has 7 heteroatoms. The van der Waals surface area contributed by atoms with Crippen LogP contribution in [0.1, 0.15) is 40.5 Å². The summed E-state index contributed by atoms with van der Waals surface area (Å²) in [6.45, 7) is 6.76. The Morgan fingerprint density at radius 3 is 2.77 bits per heavy atom. The van der Waals surface area contributed by atoms with E-state index in [-0.39, 0.29) is 11.8 Å². The van der Waals surface area contributed by atoms with Crippen LogP contribution < -0.4 is 0 Å². The second-order valence-corrected chi connectivity index (χ2v) is 8.86. The molecule has 2 aliphatic rings. The van der Waals surface area contributed by atoms with Crippen molar-refractivity contribution >= 4 is 11.6 Å². The Bertz CT molecular complexity index is 1050. The second kappa shape index (κ2) is 8.77. The van der Waals surface area contributed by atoms with E-state index in [9.17, 15) is 4.79 Å². The molecule has 0 aliphatic carbocycles. The van der Waals surface area contributed by atoms with E-state index in [1.165, 1.54) is 5.56 Å². The standard InChI is InChI=1S/C24H30N6O/c1-27-12-14-28(15-13-27)17-19-6-4-7-20(16-19)24(31)29-10-5-8-21(18-29)23-26-25-22-9-2-3-11-30(22)23/h2-4,6-7,9,11,16,21H,5,8,10,12-15,17-18H2,1H3. The van der Waals surface area contributed by atoms with E-state index >= 15 is 0 Å². The third kappa shape index (κ3) is 4.34. The molecule has 1 aromatic carbocycles.